The second kappa shape index (κ2) is 10.5. The van der Waals surface area contributed by atoms with Gasteiger partial charge in [-0.3, -0.25) is 9.69 Å². The van der Waals surface area contributed by atoms with Crippen molar-refractivity contribution in [3.63, 3.8) is 0 Å². The molecule has 1 aromatic heterocycles. The van der Waals surface area contributed by atoms with E-state index >= 15 is 0 Å². The van der Waals surface area contributed by atoms with Crippen molar-refractivity contribution in [2.45, 2.75) is 34.6 Å². The summed E-state index contributed by atoms with van der Waals surface area (Å²) in [7, 11) is 0. The Hall–Kier alpha value is -3.09. The van der Waals surface area contributed by atoms with Crippen molar-refractivity contribution in [2.75, 3.05) is 19.8 Å². The summed E-state index contributed by atoms with van der Waals surface area (Å²) in [5.74, 6) is -0.0318. The standard InChI is InChI=1S/C28H31N3O2S/c1-6-33-15-14-30-27(32)26(34-28(30)29-24-10-8-7-9-11-24)18-23-17-21(4)31(22(23)5)25-13-12-19(2)16-20(25)3/h7-13,16-18H,6,14-15H2,1-5H3/b26-18-,29-28?. The highest BCUT2D eigenvalue weighted by molar-refractivity contribution is 8.18. The van der Waals surface area contributed by atoms with Crippen LogP contribution in [0.4, 0.5) is 5.69 Å². The summed E-state index contributed by atoms with van der Waals surface area (Å²) in [6.07, 6.45) is 2.00. The average molecular weight is 474 g/mol. The lowest BCUT2D eigenvalue weighted by atomic mass is 10.1. The molecule has 1 amide bonds. The van der Waals surface area contributed by atoms with E-state index in [1.54, 1.807) is 4.90 Å². The van der Waals surface area contributed by atoms with Crippen LogP contribution < -0.4 is 0 Å². The van der Waals surface area contributed by atoms with Crippen molar-refractivity contribution in [3.8, 4) is 5.69 Å². The van der Waals surface area contributed by atoms with Crippen LogP contribution in [0.25, 0.3) is 11.8 Å². The Morgan fingerprint density at radius 3 is 2.50 bits per heavy atom. The summed E-state index contributed by atoms with van der Waals surface area (Å²) in [4.78, 5) is 20.5. The molecule has 176 valence electrons. The Morgan fingerprint density at radius 1 is 1.03 bits per heavy atom. The summed E-state index contributed by atoms with van der Waals surface area (Å²) in [6.45, 7) is 12.0. The number of aromatic nitrogens is 1. The molecule has 2 heterocycles. The number of hydrogen-bond donors (Lipinski definition) is 0. The zero-order valence-corrected chi connectivity index (χ0v) is 21.3. The molecule has 1 fully saturated rings. The van der Waals surface area contributed by atoms with Crippen molar-refractivity contribution in [2.24, 2.45) is 4.99 Å². The minimum absolute atomic E-state index is 0.0318. The van der Waals surface area contributed by atoms with Gasteiger partial charge in [0.1, 0.15) is 0 Å². The van der Waals surface area contributed by atoms with Gasteiger partial charge in [0.2, 0.25) is 0 Å². The van der Waals surface area contributed by atoms with Gasteiger partial charge in [0.25, 0.3) is 5.91 Å². The largest absolute Gasteiger partial charge is 0.380 e. The smallest absolute Gasteiger partial charge is 0.266 e. The van der Waals surface area contributed by atoms with Gasteiger partial charge in [0.15, 0.2) is 5.17 Å². The predicted octanol–water partition coefficient (Wildman–Crippen LogP) is 6.35. The van der Waals surface area contributed by atoms with Gasteiger partial charge < -0.3 is 9.30 Å². The summed E-state index contributed by atoms with van der Waals surface area (Å²) in [5.41, 5.74) is 7.76. The molecule has 1 saturated heterocycles. The van der Waals surface area contributed by atoms with E-state index in [1.165, 1.54) is 28.6 Å². The lowest BCUT2D eigenvalue weighted by Gasteiger charge is -2.15. The molecule has 0 aliphatic carbocycles. The predicted molar refractivity (Wildman–Crippen MR) is 142 cm³/mol. The fourth-order valence-electron chi connectivity index (χ4n) is 4.20. The fraction of sp³-hybridized carbons (Fsp3) is 0.286. The van der Waals surface area contributed by atoms with E-state index in [0.717, 1.165) is 22.6 Å². The van der Waals surface area contributed by atoms with Crippen molar-refractivity contribution in [3.05, 3.63) is 87.6 Å². The number of hydrogen-bond acceptors (Lipinski definition) is 4. The Bertz CT molecular complexity index is 1260. The SMILES string of the molecule is CCOCCN1C(=O)/C(=C/c2cc(C)n(-c3ccc(C)cc3C)c2C)SC1=Nc1ccccc1. The molecule has 0 saturated carbocycles. The molecular formula is C28H31N3O2S. The molecule has 2 aromatic carbocycles. The van der Waals surface area contributed by atoms with Crippen LogP contribution >= 0.6 is 11.8 Å². The summed E-state index contributed by atoms with van der Waals surface area (Å²) in [5, 5.41) is 0.685. The quantitative estimate of drug-likeness (QED) is 0.297. The van der Waals surface area contributed by atoms with Crippen molar-refractivity contribution < 1.29 is 9.53 Å². The molecule has 6 heteroatoms. The van der Waals surface area contributed by atoms with Crippen LogP contribution in [0.15, 0.2) is 64.5 Å². The average Bonchev–Trinajstić information content (AvgIpc) is 3.25. The van der Waals surface area contributed by atoms with Gasteiger partial charge in [-0.25, -0.2) is 4.99 Å². The Balaban J connectivity index is 1.70. The van der Waals surface area contributed by atoms with E-state index in [-0.39, 0.29) is 5.91 Å². The highest BCUT2D eigenvalue weighted by atomic mass is 32.2. The number of aryl methyl sites for hydroxylation is 3. The maximum Gasteiger partial charge on any atom is 0.266 e. The maximum atomic E-state index is 13.4. The number of carbonyl (C=O) groups is 1. The van der Waals surface area contributed by atoms with E-state index < -0.39 is 0 Å². The fourth-order valence-corrected chi connectivity index (χ4v) is 5.22. The van der Waals surface area contributed by atoms with Crippen LogP contribution in [0.1, 0.15) is 35.0 Å². The molecule has 1 aliphatic heterocycles. The van der Waals surface area contributed by atoms with Crippen LogP contribution in [-0.2, 0) is 9.53 Å². The molecule has 0 bridgehead atoms. The molecule has 0 atom stereocenters. The monoisotopic (exact) mass is 473 g/mol. The van der Waals surface area contributed by atoms with Crippen LogP contribution in [0.5, 0.6) is 0 Å². The molecule has 3 aromatic rings. The van der Waals surface area contributed by atoms with E-state index in [2.05, 4.69) is 56.5 Å². The van der Waals surface area contributed by atoms with Crippen LogP contribution in [0, 0.1) is 27.7 Å². The van der Waals surface area contributed by atoms with Crippen LogP contribution in [-0.4, -0.2) is 40.3 Å². The molecule has 0 radical (unpaired) electrons. The number of ether oxygens (including phenoxy) is 1. The number of thioether (sulfide) groups is 1. The first-order valence-electron chi connectivity index (χ1n) is 11.6. The summed E-state index contributed by atoms with van der Waals surface area (Å²) >= 11 is 1.42. The molecule has 0 spiro atoms. The first-order chi connectivity index (χ1) is 16.4. The summed E-state index contributed by atoms with van der Waals surface area (Å²) in [6, 6.07) is 18.4. The van der Waals surface area contributed by atoms with Gasteiger partial charge in [0.05, 0.1) is 23.7 Å². The minimum atomic E-state index is -0.0318. The lowest BCUT2D eigenvalue weighted by Crippen LogP contribution is -2.32. The highest BCUT2D eigenvalue weighted by Crippen LogP contribution is 2.35. The summed E-state index contributed by atoms with van der Waals surface area (Å²) < 4.78 is 7.78. The number of amidine groups is 1. The second-order valence-electron chi connectivity index (χ2n) is 8.45. The van der Waals surface area contributed by atoms with Gasteiger partial charge in [-0.05, 0) is 87.8 Å². The molecule has 5 nitrogen and oxygen atoms in total. The van der Waals surface area contributed by atoms with E-state index in [1.807, 2.05) is 43.3 Å². The van der Waals surface area contributed by atoms with E-state index in [4.69, 9.17) is 9.73 Å². The molecule has 34 heavy (non-hydrogen) atoms. The lowest BCUT2D eigenvalue weighted by molar-refractivity contribution is -0.122. The number of nitrogens with zero attached hydrogens (tertiary/aromatic N) is 3. The topological polar surface area (TPSA) is 46.8 Å². The first-order valence-corrected chi connectivity index (χ1v) is 12.4. The first kappa shape index (κ1) is 24.0. The number of amides is 1. The van der Waals surface area contributed by atoms with Crippen LogP contribution in [0.3, 0.4) is 0 Å². The normalized spacial score (nSPS) is 16.3. The maximum absolute atomic E-state index is 13.4. The zero-order valence-electron chi connectivity index (χ0n) is 20.5. The van der Waals surface area contributed by atoms with E-state index in [9.17, 15) is 4.79 Å². The molecule has 1 aliphatic rings. The third kappa shape index (κ3) is 5.03. The van der Waals surface area contributed by atoms with Gasteiger partial charge in [-0.2, -0.15) is 0 Å². The number of aliphatic imine (C=N–C) groups is 1. The third-order valence-electron chi connectivity index (χ3n) is 5.88. The second-order valence-corrected chi connectivity index (χ2v) is 9.46. The van der Waals surface area contributed by atoms with E-state index in [0.29, 0.717) is 29.8 Å². The van der Waals surface area contributed by atoms with Gasteiger partial charge in [0, 0.05) is 23.7 Å². The number of para-hydroxylation sites is 1. The minimum Gasteiger partial charge on any atom is -0.380 e. The Kier molecular flexibility index (Phi) is 7.39. The van der Waals surface area contributed by atoms with Crippen molar-refractivity contribution >= 4 is 34.6 Å². The van der Waals surface area contributed by atoms with Crippen LogP contribution in [0.2, 0.25) is 0 Å². The third-order valence-corrected chi connectivity index (χ3v) is 6.89. The number of rotatable bonds is 7. The van der Waals surface area contributed by atoms with Crippen molar-refractivity contribution in [1.29, 1.82) is 0 Å². The highest BCUT2D eigenvalue weighted by Gasteiger charge is 2.33. The van der Waals surface area contributed by atoms with Gasteiger partial charge >= 0.3 is 0 Å². The Morgan fingerprint density at radius 2 is 1.79 bits per heavy atom. The molecule has 0 unspecified atom stereocenters. The van der Waals surface area contributed by atoms with Gasteiger partial charge in [-0.15, -0.1) is 0 Å². The van der Waals surface area contributed by atoms with Gasteiger partial charge in [-0.1, -0.05) is 35.9 Å². The zero-order chi connectivity index (χ0) is 24.2. The molecule has 0 N–H and O–H groups in total. The molecule has 4 rings (SSSR count). The number of benzene rings is 2. The Labute approximate surface area is 206 Å². The number of carbonyl (C=O) groups excluding carboxylic acids is 1. The molecular weight excluding hydrogens is 442 g/mol. The van der Waals surface area contributed by atoms with Crippen molar-refractivity contribution in [1.82, 2.24) is 9.47 Å².